The first-order valence-corrected chi connectivity index (χ1v) is 8.07. The molecule has 1 heterocycles. The van der Waals surface area contributed by atoms with Crippen molar-refractivity contribution in [1.82, 2.24) is 0 Å². The summed E-state index contributed by atoms with van der Waals surface area (Å²) in [4.78, 5) is 14.6. The maximum atomic E-state index is 12.8. The van der Waals surface area contributed by atoms with Crippen molar-refractivity contribution >= 4 is 23.2 Å². The lowest BCUT2D eigenvalue weighted by Gasteiger charge is -2.14. The van der Waals surface area contributed by atoms with E-state index in [1.54, 1.807) is 26.2 Å². The van der Waals surface area contributed by atoms with Gasteiger partial charge in [-0.1, -0.05) is 18.2 Å². The third-order valence-corrected chi connectivity index (χ3v) is 4.27. The van der Waals surface area contributed by atoms with E-state index < -0.39 is 0 Å². The van der Waals surface area contributed by atoms with E-state index in [0.29, 0.717) is 29.4 Å². The summed E-state index contributed by atoms with van der Waals surface area (Å²) in [7, 11) is 4.71. The number of hydrogen-bond acceptors (Lipinski definition) is 4. The molecule has 1 aliphatic heterocycles. The molecular formula is C20H21NO4. The van der Waals surface area contributed by atoms with Crippen LogP contribution >= 0.6 is 0 Å². The van der Waals surface area contributed by atoms with Crippen LogP contribution in [0.25, 0.3) is 11.6 Å². The van der Waals surface area contributed by atoms with E-state index >= 15 is 0 Å². The van der Waals surface area contributed by atoms with E-state index in [1.807, 2.05) is 49.4 Å². The highest BCUT2D eigenvalue weighted by atomic mass is 16.5. The Morgan fingerprint density at radius 3 is 2.20 bits per heavy atom. The molecule has 0 saturated carbocycles. The van der Waals surface area contributed by atoms with Crippen molar-refractivity contribution in [3.05, 3.63) is 47.5 Å². The third kappa shape index (κ3) is 2.82. The molecule has 0 aromatic heterocycles. The fourth-order valence-corrected chi connectivity index (χ4v) is 3.11. The lowest BCUT2D eigenvalue weighted by atomic mass is 10.0. The second-order valence-corrected chi connectivity index (χ2v) is 5.58. The average molecular weight is 339 g/mol. The van der Waals surface area contributed by atoms with E-state index in [1.165, 1.54) is 0 Å². The van der Waals surface area contributed by atoms with Crippen molar-refractivity contribution in [1.29, 1.82) is 0 Å². The maximum absolute atomic E-state index is 12.8. The number of hydrogen-bond donors (Lipinski definition) is 0. The van der Waals surface area contributed by atoms with Crippen LogP contribution in [0.5, 0.6) is 17.2 Å². The predicted octanol–water partition coefficient (Wildman–Crippen LogP) is 3.62. The van der Waals surface area contributed by atoms with Gasteiger partial charge >= 0.3 is 0 Å². The first-order chi connectivity index (χ1) is 12.1. The van der Waals surface area contributed by atoms with Gasteiger partial charge in [0.05, 0.1) is 27.0 Å². The number of methoxy groups -OCH3 is 3. The van der Waals surface area contributed by atoms with Crippen LogP contribution in [-0.2, 0) is 4.79 Å². The normalized spacial score (nSPS) is 14.6. The second-order valence-electron chi connectivity index (χ2n) is 5.58. The van der Waals surface area contributed by atoms with Crippen molar-refractivity contribution in [2.45, 2.75) is 6.92 Å². The molecule has 2 aromatic carbocycles. The van der Waals surface area contributed by atoms with E-state index in [0.717, 1.165) is 16.8 Å². The lowest BCUT2D eigenvalue weighted by Crippen LogP contribution is -2.25. The number of ether oxygens (including phenoxy) is 3. The quantitative estimate of drug-likeness (QED) is 0.781. The zero-order chi connectivity index (χ0) is 18.0. The summed E-state index contributed by atoms with van der Waals surface area (Å²) in [5.74, 6) is 1.64. The van der Waals surface area contributed by atoms with Gasteiger partial charge in [0.1, 0.15) is 0 Å². The summed E-state index contributed by atoms with van der Waals surface area (Å²) in [5.41, 5.74) is 3.34. The summed E-state index contributed by atoms with van der Waals surface area (Å²) in [5, 5.41) is 0. The van der Waals surface area contributed by atoms with Crippen molar-refractivity contribution < 1.29 is 19.0 Å². The monoisotopic (exact) mass is 339 g/mol. The Morgan fingerprint density at radius 2 is 1.64 bits per heavy atom. The second kappa shape index (κ2) is 6.89. The number of carbonyl (C=O) groups excluding carboxylic acids is 1. The van der Waals surface area contributed by atoms with Crippen LogP contribution in [0, 0.1) is 0 Å². The lowest BCUT2D eigenvalue weighted by molar-refractivity contribution is -0.112. The first kappa shape index (κ1) is 16.9. The minimum Gasteiger partial charge on any atom is -0.493 e. The number of nitrogens with zero attached hydrogens (tertiary/aromatic N) is 1. The Morgan fingerprint density at radius 1 is 1.00 bits per heavy atom. The fraction of sp³-hybridized carbons (Fsp3) is 0.250. The van der Waals surface area contributed by atoms with Gasteiger partial charge in [-0.25, -0.2) is 0 Å². The summed E-state index contributed by atoms with van der Waals surface area (Å²) < 4.78 is 16.1. The molecule has 0 saturated heterocycles. The number of amides is 1. The van der Waals surface area contributed by atoms with Gasteiger partial charge in [-0.15, -0.1) is 0 Å². The Bertz CT molecular complexity index is 816. The topological polar surface area (TPSA) is 48.0 Å². The number of carbonyl (C=O) groups is 1. The van der Waals surface area contributed by atoms with Crippen LogP contribution in [0.1, 0.15) is 18.1 Å². The molecule has 25 heavy (non-hydrogen) atoms. The predicted molar refractivity (Wildman–Crippen MR) is 98.4 cm³/mol. The van der Waals surface area contributed by atoms with Gasteiger partial charge < -0.3 is 19.1 Å². The molecule has 1 aliphatic rings. The van der Waals surface area contributed by atoms with Gasteiger partial charge in [0.2, 0.25) is 5.75 Å². The van der Waals surface area contributed by atoms with E-state index in [-0.39, 0.29) is 5.91 Å². The van der Waals surface area contributed by atoms with Crippen molar-refractivity contribution in [2.75, 3.05) is 32.8 Å². The highest BCUT2D eigenvalue weighted by Crippen LogP contribution is 2.41. The molecule has 0 N–H and O–H groups in total. The van der Waals surface area contributed by atoms with Gasteiger partial charge in [0.15, 0.2) is 11.5 Å². The number of benzene rings is 2. The van der Waals surface area contributed by atoms with Crippen molar-refractivity contribution in [3.63, 3.8) is 0 Å². The van der Waals surface area contributed by atoms with Gasteiger partial charge in [0.25, 0.3) is 5.91 Å². The van der Waals surface area contributed by atoms with E-state index in [9.17, 15) is 4.79 Å². The van der Waals surface area contributed by atoms with Gasteiger partial charge in [-0.2, -0.15) is 0 Å². The molecule has 130 valence electrons. The smallest absolute Gasteiger partial charge is 0.258 e. The van der Waals surface area contributed by atoms with Crippen LogP contribution in [0.15, 0.2) is 36.4 Å². The Balaban J connectivity index is 2.14. The van der Waals surface area contributed by atoms with Crippen LogP contribution in [-0.4, -0.2) is 33.8 Å². The van der Waals surface area contributed by atoms with Crippen molar-refractivity contribution in [2.24, 2.45) is 0 Å². The minimum absolute atomic E-state index is 0.00236. The standard InChI is InChI=1S/C20H21NO4/c1-5-21-16-9-7-6-8-14(16)15(20(21)22)10-13-11-17(23-2)19(25-4)18(12-13)24-3/h6-12H,5H2,1-4H3/b15-10-. The molecule has 2 aromatic rings. The molecule has 0 fully saturated rings. The molecule has 5 heteroatoms. The first-order valence-electron chi connectivity index (χ1n) is 8.07. The van der Waals surface area contributed by atoms with Crippen LogP contribution in [0.4, 0.5) is 5.69 Å². The molecule has 0 atom stereocenters. The molecule has 5 nitrogen and oxygen atoms in total. The number of fused-ring (bicyclic) bond motifs is 1. The largest absolute Gasteiger partial charge is 0.493 e. The van der Waals surface area contributed by atoms with Crippen LogP contribution in [0.3, 0.4) is 0 Å². The van der Waals surface area contributed by atoms with E-state index in [2.05, 4.69) is 0 Å². The van der Waals surface area contributed by atoms with Crippen LogP contribution < -0.4 is 19.1 Å². The van der Waals surface area contributed by atoms with E-state index in [4.69, 9.17) is 14.2 Å². The number of rotatable bonds is 5. The number of para-hydroxylation sites is 1. The molecule has 3 rings (SSSR count). The number of likely N-dealkylation sites (N-methyl/N-ethyl adjacent to an activating group) is 1. The van der Waals surface area contributed by atoms with Crippen molar-refractivity contribution in [3.8, 4) is 17.2 Å². The molecular weight excluding hydrogens is 318 g/mol. The SMILES string of the molecule is CCN1C(=O)/C(=C\c2cc(OC)c(OC)c(OC)c2)c2ccccc21. The summed E-state index contributed by atoms with van der Waals surface area (Å²) in [6.07, 6.45) is 1.86. The van der Waals surface area contributed by atoms with Crippen LogP contribution in [0.2, 0.25) is 0 Å². The summed E-state index contributed by atoms with van der Waals surface area (Å²) in [6, 6.07) is 11.5. The van der Waals surface area contributed by atoms with Gasteiger partial charge in [-0.05, 0) is 36.8 Å². The third-order valence-electron chi connectivity index (χ3n) is 4.27. The average Bonchev–Trinajstić information content (AvgIpc) is 2.92. The summed E-state index contributed by atoms with van der Waals surface area (Å²) in [6.45, 7) is 2.60. The molecule has 0 unspecified atom stereocenters. The molecule has 0 bridgehead atoms. The molecule has 0 spiro atoms. The molecule has 0 radical (unpaired) electrons. The zero-order valence-electron chi connectivity index (χ0n) is 14.8. The maximum Gasteiger partial charge on any atom is 0.258 e. The highest BCUT2D eigenvalue weighted by Gasteiger charge is 2.30. The Hall–Kier alpha value is -2.95. The minimum atomic E-state index is -0.00236. The Labute approximate surface area is 147 Å². The fourth-order valence-electron chi connectivity index (χ4n) is 3.11. The zero-order valence-corrected chi connectivity index (χ0v) is 14.8. The van der Waals surface area contributed by atoms with Gasteiger partial charge in [0, 0.05) is 17.7 Å². The highest BCUT2D eigenvalue weighted by molar-refractivity contribution is 6.35. The number of anilines is 1. The van der Waals surface area contributed by atoms with Gasteiger partial charge in [-0.3, -0.25) is 4.79 Å². The summed E-state index contributed by atoms with van der Waals surface area (Å²) >= 11 is 0. The molecule has 0 aliphatic carbocycles. The Kier molecular flexibility index (Phi) is 4.65. The molecule has 1 amide bonds.